The maximum atomic E-state index is 14.0. The van der Waals surface area contributed by atoms with Gasteiger partial charge in [-0.1, -0.05) is 54.1 Å². The quantitative estimate of drug-likeness (QED) is 0.0617. The van der Waals surface area contributed by atoms with Gasteiger partial charge in [-0.05, 0) is 61.4 Å². The Balaban J connectivity index is 1.57. The van der Waals surface area contributed by atoms with Crippen LogP contribution in [0.25, 0.3) is 33.9 Å². The molecule has 5 aromatic rings. The number of ether oxygens (including phenoxy) is 3. The minimum absolute atomic E-state index is 0.00168. The van der Waals surface area contributed by atoms with Gasteiger partial charge in [-0.15, -0.1) is 0 Å². The van der Waals surface area contributed by atoms with Crippen molar-refractivity contribution in [1.29, 1.82) is 0 Å². The summed E-state index contributed by atoms with van der Waals surface area (Å²) in [4.78, 5) is 17.7. The number of carbonyl (C=O) groups is 1. The molecule has 0 saturated heterocycles. The second kappa shape index (κ2) is 17.2. The van der Waals surface area contributed by atoms with E-state index in [4.69, 9.17) is 24.9 Å². The van der Waals surface area contributed by atoms with Crippen molar-refractivity contribution in [2.75, 3.05) is 40.1 Å². The number of aryl methyl sites for hydroxylation is 1. The zero-order chi connectivity index (χ0) is 38.2. The second-order valence-electron chi connectivity index (χ2n) is 12.3. The number of benzene rings is 4. The number of ketones is 1. The van der Waals surface area contributed by atoms with E-state index in [0.29, 0.717) is 90.9 Å². The minimum atomic E-state index is -5.06. The fourth-order valence-electron chi connectivity index (χ4n) is 5.73. The van der Waals surface area contributed by atoms with Crippen molar-refractivity contribution in [3.8, 4) is 39.7 Å². The first-order valence-corrected chi connectivity index (χ1v) is 16.9. The molecule has 0 atom stereocenters. The maximum absolute atomic E-state index is 14.0. The molecule has 0 aliphatic rings. The van der Waals surface area contributed by atoms with Gasteiger partial charge in [-0.2, -0.15) is 26.3 Å². The van der Waals surface area contributed by atoms with Crippen LogP contribution >= 0.6 is 0 Å². The number of rotatable bonds is 16. The Labute approximate surface area is 303 Å². The van der Waals surface area contributed by atoms with Crippen LogP contribution in [-0.2, 0) is 28.4 Å². The van der Waals surface area contributed by atoms with Crippen molar-refractivity contribution in [3.63, 3.8) is 0 Å². The average Bonchev–Trinajstić information content (AvgIpc) is 3.51. The minimum Gasteiger partial charge on any atom is -0.497 e. The lowest BCUT2D eigenvalue weighted by molar-refractivity contribution is -0.143. The average molecular weight is 740 g/mol. The molecule has 280 valence electrons. The van der Waals surface area contributed by atoms with Crippen LogP contribution in [-0.4, -0.2) is 55.4 Å². The van der Waals surface area contributed by atoms with Crippen LogP contribution in [0.3, 0.4) is 0 Å². The van der Waals surface area contributed by atoms with Gasteiger partial charge in [-0.3, -0.25) is 4.79 Å². The maximum Gasteiger partial charge on any atom is 0.416 e. The molecule has 4 aromatic carbocycles. The van der Waals surface area contributed by atoms with E-state index in [-0.39, 0.29) is 36.2 Å². The molecular formula is C40H39F6N3O4. The third-order valence-electron chi connectivity index (χ3n) is 8.45. The lowest BCUT2D eigenvalue weighted by atomic mass is 10.0. The summed E-state index contributed by atoms with van der Waals surface area (Å²) in [6, 6.07) is 22.4. The number of carbonyl (C=O) groups excluding carboxylic acids is 1. The molecule has 0 aliphatic carbocycles. The van der Waals surface area contributed by atoms with Crippen LogP contribution in [0.1, 0.15) is 45.5 Å². The molecule has 5 rings (SSSR count). The van der Waals surface area contributed by atoms with Crippen LogP contribution in [0.2, 0.25) is 0 Å². The van der Waals surface area contributed by atoms with Crippen molar-refractivity contribution in [2.24, 2.45) is 5.73 Å². The first kappa shape index (κ1) is 39.2. The predicted molar refractivity (Wildman–Crippen MR) is 190 cm³/mol. The van der Waals surface area contributed by atoms with Crippen molar-refractivity contribution in [3.05, 3.63) is 119 Å². The van der Waals surface area contributed by atoms with Crippen molar-refractivity contribution >= 4 is 5.78 Å². The Morgan fingerprint density at radius 1 is 0.736 bits per heavy atom. The number of aromatic nitrogens is 2. The molecule has 0 amide bonds. The number of hydrogen-bond donors (Lipinski definition) is 1. The summed E-state index contributed by atoms with van der Waals surface area (Å²) in [6.45, 7) is 3.94. The van der Waals surface area contributed by atoms with E-state index in [1.807, 2.05) is 19.1 Å². The molecule has 0 saturated carbocycles. The van der Waals surface area contributed by atoms with Gasteiger partial charge in [-0.25, -0.2) is 4.98 Å². The normalized spacial score (nSPS) is 11.9. The van der Waals surface area contributed by atoms with E-state index in [9.17, 15) is 31.1 Å². The number of halogens is 6. The number of hydrogen-bond acceptors (Lipinski definition) is 6. The van der Waals surface area contributed by atoms with Gasteiger partial charge in [0.1, 0.15) is 11.6 Å². The lowest BCUT2D eigenvalue weighted by Gasteiger charge is -2.17. The summed E-state index contributed by atoms with van der Waals surface area (Å²) in [7, 11) is 1.50. The molecule has 0 bridgehead atoms. The first-order valence-electron chi connectivity index (χ1n) is 16.9. The standard InChI is InChI=1S/C40H39F6N3O4/c1-26-5-9-29(10-6-26)36-37(30-13-15-34(51-2)16-14-30)49(38(48-36)31-22-32(39(41,42)43)24-33(23-31)40(44,45)46)25-27-7-11-28(12-8-27)35(50)4-3-18-52-20-21-53-19-17-47/h5-16,22-24H,3-4,17-21,25,47H2,1-2H3. The van der Waals surface area contributed by atoms with E-state index in [1.165, 1.54) is 7.11 Å². The Morgan fingerprint density at radius 3 is 1.89 bits per heavy atom. The van der Waals surface area contributed by atoms with Crippen molar-refractivity contribution in [2.45, 2.75) is 38.7 Å². The summed E-state index contributed by atoms with van der Waals surface area (Å²) >= 11 is 0. The molecular weight excluding hydrogens is 700 g/mol. The Hall–Kier alpha value is -4.98. The lowest BCUT2D eigenvalue weighted by Crippen LogP contribution is -2.12. The van der Waals surface area contributed by atoms with E-state index < -0.39 is 23.5 Å². The first-order chi connectivity index (χ1) is 25.3. The molecule has 0 fully saturated rings. The summed E-state index contributed by atoms with van der Waals surface area (Å²) in [5.74, 6) is 0.344. The van der Waals surface area contributed by atoms with E-state index >= 15 is 0 Å². The van der Waals surface area contributed by atoms with Gasteiger partial charge in [0.2, 0.25) is 0 Å². The van der Waals surface area contributed by atoms with Crippen LogP contribution < -0.4 is 10.5 Å². The van der Waals surface area contributed by atoms with Gasteiger partial charge < -0.3 is 24.5 Å². The molecule has 7 nitrogen and oxygen atoms in total. The predicted octanol–water partition coefficient (Wildman–Crippen LogP) is 9.24. The number of nitrogens with two attached hydrogens (primary N) is 1. The van der Waals surface area contributed by atoms with Crippen LogP contribution in [0.4, 0.5) is 26.3 Å². The number of nitrogens with zero attached hydrogens (tertiary/aromatic N) is 2. The fraction of sp³-hybridized carbons (Fsp3) is 0.300. The Bertz CT molecular complexity index is 1940. The molecule has 1 aromatic heterocycles. The van der Waals surface area contributed by atoms with Gasteiger partial charge in [0, 0.05) is 48.4 Å². The molecule has 0 radical (unpaired) electrons. The Kier molecular flexibility index (Phi) is 12.8. The van der Waals surface area contributed by atoms with E-state index in [0.717, 1.165) is 5.56 Å². The number of methoxy groups -OCH3 is 1. The van der Waals surface area contributed by atoms with Crippen molar-refractivity contribution < 1.29 is 45.3 Å². The highest BCUT2D eigenvalue weighted by Gasteiger charge is 2.38. The van der Waals surface area contributed by atoms with Gasteiger partial charge in [0.05, 0.1) is 49.4 Å². The second-order valence-corrected chi connectivity index (χ2v) is 12.3. The smallest absolute Gasteiger partial charge is 0.416 e. The molecule has 0 aliphatic heterocycles. The molecule has 53 heavy (non-hydrogen) atoms. The van der Waals surface area contributed by atoms with Crippen molar-refractivity contribution in [1.82, 2.24) is 9.55 Å². The molecule has 2 N–H and O–H groups in total. The highest BCUT2D eigenvalue weighted by atomic mass is 19.4. The topological polar surface area (TPSA) is 88.6 Å². The molecule has 0 spiro atoms. The SMILES string of the molecule is COc1ccc(-c2c(-c3ccc(C)cc3)nc(-c3cc(C(F)(F)F)cc(C(F)(F)F)c3)n2Cc2ccc(C(=O)CCCOCCOCCN)cc2)cc1. The third kappa shape index (κ3) is 10.1. The van der Waals surface area contributed by atoms with E-state index in [2.05, 4.69) is 0 Å². The highest BCUT2D eigenvalue weighted by Crippen LogP contribution is 2.42. The van der Waals surface area contributed by atoms with Crippen LogP contribution in [0.15, 0.2) is 91.0 Å². The highest BCUT2D eigenvalue weighted by molar-refractivity contribution is 5.96. The third-order valence-corrected chi connectivity index (χ3v) is 8.45. The summed E-state index contributed by atoms with van der Waals surface area (Å²) in [5, 5.41) is 0. The Morgan fingerprint density at radius 2 is 1.32 bits per heavy atom. The summed E-state index contributed by atoms with van der Waals surface area (Å²) in [5.41, 5.74) is 6.18. The zero-order valence-electron chi connectivity index (χ0n) is 29.2. The van der Waals surface area contributed by atoms with E-state index in [1.54, 1.807) is 65.2 Å². The largest absolute Gasteiger partial charge is 0.497 e. The number of Topliss-reactive ketones (excluding diaryl/α,β-unsaturated/α-hetero) is 1. The zero-order valence-corrected chi connectivity index (χ0v) is 29.2. The number of alkyl halides is 6. The summed E-state index contributed by atoms with van der Waals surface area (Å²) < 4.78 is 102. The summed E-state index contributed by atoms with van der Waals surface area (Å²) in [6.07, 6.45) is -9.37. The monoisotopic (exact) mass is 739 g/mol. The van der Waals surface area contributed by atoms with Crippen LogP contribution in [0, 0.1) is 6.92 Å². The molecule has 13 heteroatoms. The van der Waals surface area contributed by atoms with Gasteiger partial charge >= 0.3 is 12.4 Å². The van der Waals surface area contributed by atoms with Gasteiger partial charge in [0.25, 0.3) is 0 Å². The molecule has 0 unspecified atom stereocenters. The molecule has 1 heterocycles. The fourth-order valence-corrected chi connectivity index (χ4v) is 5.73. The van der Waals surface area contributed by atoms with Gasteiger partial charge in [0.15, 0.2) is 5.78 Å². The number of imidazole rings is 1. The van der Waals surface area contributed by atoms with Crippen LogP contribution in [0.5, 0.6) is 5.75 Å².